The third kappa shape index (κ3) is 2.80. The molecule has 124 valence electrons. The van der Waals surface area contributed by atoms with Crippen molar-refractivity contribution < 1.29 is 14.3 Å². The summed E-state index contributed by atoms with van der Waals surface area (Å²) in [5.74, 6) is 0.459. The molecule has 0 unspecified atom stereocenters. The van der Waals surface area contributed by atoms with E-state index in [1.165, 1.54) is 0 Å². The number of carbonyl (C=O) groups is 1. The van der Waals surface area contributed by atoms with Crippen molar-refractivity contribution in [3.05, 3.63) is 60.0 Å². The van der Waals surface area contributed by atoms with Gasteiger partial charge in [0, 0.05) is 23.6 Å². The molecule has 0 atom stereocenters. The fraction of sp³-hybridized carbons (Fsp3) is 0.211. The Morgan fingerprint density at radius 2 is 1.96 bits per heavy atom. The van der Waals surface area contributed by atoms with Gasteiger partial charge in [-0.2, -0.15) is 0 Å². The first-order chi connectivity index (χ1) is 11.7. The second kappa shape index (κ2) is 6.66. The molecule has 5 heteroatoms. The van der Waals surface area contributed by atoms with E-state index in [1.807, 2.05) is 60.3 Å². The summed E-state index contributed by atoms with van der Waals surface area (Å²) in [6.07, 6.45) is 3.80. The van der Waals surface area contributed by atoms with E-state index < -0.39 is 0 Å². The van der Waals surface area contributed by atoms with Crippen LogP contribution < -0.4 is 4.74 Å². The van der Waals surface area contributed by atoms with E-state index in [2.05, 4.69) is 4.98 Å². The summed E-state index contributed by atoms with van der Waals surface area (Å²) in [6, 6.07) is 11.7. The lowest BCUT2D eigenvalue weighted by Gasteiger charge is -2.12. The van der Waals surface area contributed by atoms with Crippen molar-refractivity contribution >= 4 is 5.97 Å². The Bertz CT molecular complexity index is 844. The average Bonchev–Trinajstić information content (AvgIpc) is 3.21. The second-order valence-electron chi connectivity index (χ2n) is 5.40. The van der Waals surface area contributed by atoms with Gasteiger partial charge in [0.1, 0.15) is 11.4 Å². The minimum atomic E-state index is -0.344. The number of aromatic nitrogens is 2. The zero-order chi connectivity index (χ0) is 17.1. The number of aromatic amines is 1. The van der Waals surface area contributed by atoms with Gasteiger partial charge in [0.25, 0.3) is 0 Å². The molecule has 5 nitrogen and oxygen atoms in total. The molecule has 0 fully saturated rings. The van der Waals surface area contributed by atoms with Gasteiger partial charge in [-0.05, 0) is 55.8 Å². The van der Waals surface area contributed by atoms with Gasteiger partial charge < -0.3 is 19.0 Å². The van der Waals surface area contributed by atoms with E-state index >= 15 is 0 Å². The number of aryl methyl sites for hydroxylation is 1. The van der Waals surface area contributed by atoms with Crippen molar-refractivity contribution in [2.75, 3.05) is 13.7 Å². The highest BCUT2D eigenvalue weighted by Crippen LogP contribution is 2.31. The van der Waals surface area contributed by atoms with E-state index in [0.29, 0.717) is 12.3 Å². The molecule has 0 aliphatic carbocycles. The number of esters is 1. The Labute approximate surface area is 140 Å². The zero-order valence-corrected chi connectivity index (χ0v) is 14.0. The van der Waals surface area contributed by atoms with Gasteiger partial charge >= 0.3 is 5.97 Å². The number of nitrogens with one attached hydrogen (secondary N) is 1. The Kier molecular flexibility index (Phi) is 4.42. The maximum Gasteiger partial charge on any atom is 0.355 e. The predicted molar refractivity (Wildman–Crippen MR) is 92.8 cm³/mol. The molecule has 3 aromatic rings. The number of benzene rings is 1. The smallest absolute Gasteiger partial charge is 0.355 e. The summed E-state index contributed by atoms with van der Waals surface area (Å²) in [5.41, 5.74) is 4.25. The highest BCUT2D eigenvalue weighted by atomic mass is 16.5. The van der Waals surface area contributed by atoms with Gasteiger partial charge in [0.05, 0.1) is 19.4 Å². The van der Waals surface area contributed by atoms with Gasteiger partial charge in [0.2, 0.25) is 0 Å². The Hall–Kier alpha value is -2.95. The third-order valence-corrected chi connectivity index (χ3v) is 3.91. The molecule has 2 aromatic heterocycles. The van der Waals surface area contributed by atoms with Gasteiger partial charge in [0.15, 0.2) is 0 Å². The van der Waals surface area contributed by atoms with Gasteiger partial charge in [-0.3, -0.25) is 0 Å². The molecular formula is C19H20N2O3. The van der Waals surface area contributed by atoms with Crippen LogP contribution in [0.1, 0.15) is 23.0 Å². The van der Waals surface area contributed by atoms with Crippen molar-refractivity contribution in [3.8, 4) is 22.7 Å². The van der Waals surface area contributed by atoms with E-state index in [1.54, 1.807) is 14.0 Å². The van der Waals surface area contributed by atoms with E-state index in [9.17, 15) is 4.79 Å². The standard InChI is InChI=1S/C19H20N2O3/c1-4-24-19(22)18-17(13(2)12-20-18)16-6-5-11-21(16)14-7-9-15(23-3)10-8-14/h5-12,20H,4H2,1-3H3. The molecule has 0 aliphatic rings. The lowest BCUT2D eigenvalue weighted by atomic mass is 10.1. The van der Waals surface area contributed by atoms with Crippen LogP contribution in [0.25, 0.3) is 16.9 Å². The largest absolute Gasteiger partial charge is 0.497 e. The molecule has 1 aromatic carbocycles. The van der Waals surface area contributed by atoms with Crippen LogP contribution in [0.2, 0.25) is 0 Å². The van der Waals surface area contributed by atoms with Crippen molar-refractivity contribution in [3.63, 3.8) is 0 Å². The number of hydrogen-bond donors (Lipinski definition) is 1. The van der Waals surface area contributed by atoms with Crippen molar-refractivity contribution in [1.29, 1.82) is 0 Å². The van der Waals surface area contributed by atoms with E-state index in [4.69, 9.17) is 9.47 Å². The summed E-state index contributed by atoms with van der Waals surface area (Å²) in [7, 11) is 1.64. The first kappa shape index (κ1) is 15.9. The van der Waals surface area contributed by atoms with E-state index in [0.717, 1.165) is 28.3 Å². The number of H-pyrrole nitrogens is 1. The molecule has 0 aliphatic heterocycles. The van der Waals surface area contributed by atoms with Crippen LogP contribution in [-0.2, 0) is 4.74 Å². The first-order valence-corrected chi connectivity index (χ1v) is 7.83. The summed E-state index contributed by atoms with van der Waals surface area (Å²) < 4.78 is 12.4. The molecule has 0 saturated heterocycles. The molecular weight excluding hydrogens is 304 g/mol. The quantitative estimate of drug-likeness (QED) is 0.723. The summed E-state index contributed by atoms with van der Waals surface area (Å²) in [4.78, 5) is 15.3. The number of methoxy groups -OCH3 is 1. The fourth-order valence-corrected chi connectivity index (χ4v) is 2.77. The van der Waals surface area contributed by atoms with Crippen LogP contribution in [-0.4, -0.2) is 29.2 Å². The summed E-state index contributed by atoms with van der Waals surface area (Å²) in [5, 5.41) is 0. The normalized spacial score (nSPS) is 10.6. The number of ether oxygens (including phenoxy) is 2. The molecule has 3 rings (SSSR count). The Balaban J connectivity index is 2.07. The minimum absolute atomic E-state index is 0.343. The number of rotatable bonds is 5. The molecule has 0 saturated carbocycles. The van der Waals surface area contributed by atoms with Crippen molar-refractivity contribution in [2.45, 2.75) is 13.8 Å². The molecule has 0 bridgehead atoms. The SMILES string of the molecule is CCOC(=O)c1[nH]cc(C)c1-c1cccn1-c1ccc(OC)cc1. The molecule has 0 amide bonds. The lowest BCUT2D eigenvalue weighted by molar-refractivity contribution is 0.0521. The highest BCUT2D eigenvalue weighted by molar-refractivity contribution is 5.96. The average molecular weight is 324 g/mol. The minimum Gasteiger partial charge on any atom is -0.497 e. The molecule has 24 heavy (non-hydrogen) atoms. The number of hydrogen-bond acceptors (Lipinski definition) is 3. The highest BCUT2D eigenvalue weighted by Gasteiger charge is 2.20. The van der Waals surface area contributed by atoms with Crippen molar-refractivity contribution in [2.24, 2.45) is 0 Å². The maximum absolute atomic E-state index is 12.2. The summed E-state index contributed by atoms with van der Waals surface area (Å²) in [6.45, 7) is 4.11. The van der Waals surface area contributed by atoms with Crippen LogP contribution in [0.5, 0.6) is 5.75 Å². The predicted octanol–water partition coefficient (Wildman–Crippen LogP) is 3.97. The van der Waals surface area contributed by atoms with Gasteiger partial charge in [-0.1, -0.05) is 0 Å². The van der Waals surface area contributed by atoms with E-state index in [-0.39, 0.29) is 5.97 Å². The first-order valence-electron chi connectivity index (χ1n) is 7.83. The molecule has 1 N–H and O–H groups in total. The molecule has 2 heterocycles. The maximum atomic E-state index is 12.2. The van der Waals surface area contributed by atoms with Crippen LogP contribution in [0.3, 0.4) is 0 Å². The van der Waals surface area contributed by atoms with Crippen LogP contribution in [0.15, 0.2) is 48.8 Å². The lowest BCUT2D eigenvalue weighted by Crippen LogP contribution is -2.07. The Morgan fingerprint density at radius 3 is 2.62 bits per heavy atom. The molecule has 0 spiro atoms. The monoisotopic (exact) mass is 324 g/mol. The zero-order valence-electron chi connectivity index (χ0n) is 14.0. The van der Waals surface area contributed by atoms with Gasteiger partial charge in [-0.25, -0.2) is 4.79 Å². The molecule has 0 radical (unpaired) electrons. The van der Waals surface area contributed by atoms with Gasteiger partial charge in [-0.15, -0.1) is 0 Å². The fourth-order valence-electron chi connectivity index (χ4n) is 2.77. The second-order valence-corrected chi connectivity index (χ2v) is 5.40. The topological polar surface area (TPSA) is 56.2 Å². The van der Waals surface area contributed by atoms with Crippen LogP contribution in [0, 0.1) is 6.92 Å². The van der Waals surface area contributed by atoms with Crippen LogP contribution in [0.4, 0.5) is 0 Å². The summed E-state index contributed by atoms with van der Waals surface area (Å²) >= 11 is 0. The third-order valence-electron chi connectivity index (χ3n) is 3.91. The number of carbonyl (C=O) groups excluding carboxylic acids is 1. The number of nitrogens with zero attached hydrogens (tertiary/aromatic N) is 1. The van der Waals surface area contributed by atoms with Crippen LogP contribution >= 0.6 is 0 Å². The van der Waals surface area contributed by atoms with Crippen molar-refractivity contribution in [1.82, 2.24) is 9.55 Å². The Morgan fingerprint density at radius 1 is 1.21 bits per heavy atom.